The molecule has 0 fully saturated rings. The highest BCUT2D eigenvalue weighted by Gasteiger charge is 2.21. The smallest absolute Gasteiger partial charge is 0.233 e. The highest BCUT2D eigenvalue weighted by Crippen LogP contribution is 2.34. The third-order valence-corrected chi connectivity index (χ3v) is 5.30. The third-order valence-electron chi connectivity index (χ3n) is 4.28. The molecule has 0 spiro atoms. The van der Waals surface area contributed by atoms with Gasteiger partial charge in [0.1, 0.15) is 5.82 Å². The summed E-state index contributed by atoms with van der Waals surface area (Å²) in [6.45, 7) is 0. The number of hydrogen-bond donors (Lipinski definition) is 0. The van der Waals surface area contributed by atoms with Crippen LogP contribution in [0.4, 0.5) is 15.2 Å². The lowest BCUT2D eigenvalue weighted by Crippen LogP contribution is -2.26. The zero-order chi connectivity index (χ0) is 18.6. The van der Waals surface area contributed by atoms with E-state index in [1.54, 1.807) is 17.0 Å². The Hall–Kier alpha value is -3.05. The second-order valence-electron chi connectivity index (χ2n) is 6.16. The molecule has 3 nitrogen and oxygen atoms in total. The molecule has 1 amide bonds. The topological polar surface area (TPSA) is 33.2 Å². The normalized spacial score (nSPS) is 10.9. The molecule has 27 heavy (non-hydrogen) atoms. The van der Waals surface area contributed by atoms with Gasteiger partial charge < -0.3 is 0 Å². The summed E-state index contributed by atoms with van der Waals surface area (Å²) in [6.07, 6.45) is 0.986. The van der Waals surface area contributed by atoms with E-state index in [-0.39, 0.29) is 11.7 Å². The van der Waals surface area contributed by atoms with Crippen LogP contribution in [-0.2, 0) is 11.2 Å². The van der Waals surface area contributed by atoms with Crippen LogP contribution in [0.2, 0.25) is 0 Å². The molecule has 1 aromatic heterocycles. The Kier molecular flexibility index (Phi) is 4.94. The van der Waals surface area contributed by atoms with Crippen molar-refractivity contribution in [2.75, 3.05) is 4.90 Å². The summed E-state index contributed by atoms with van der Waals surface area (Å²) >= 11 is 1.45. The maximum absolute atomic E-state index is 13.4. The van der Waals surface area contributed by atoms with Gasteiger partial charge in [0.25, 0.3) is 0 Å². The number of aromatic nitrogens is 1. The summed E-state index contributed by atoms with van der Waals surface area (Å²) in [6, 6.07) is 23.6. The van der Waals surface area contributed by atoms with Gasteiger partial charge >= 0.3 is 0 Å². The molecule has 0 aliphatic heterocycles. The number of para-hydroxylation sites is 1. The number of fused-ring (bicyclic) bond motifs is 1. The molecular weight excluding hydrogens is 359 g/mol. The summed E-state index contributed by atoms with van der Waals surface area (Å²) in [5, 5.41) is 0.598. The van der Waals surface area contributed by atoms with Gasteiger partial charge in [0.2, 0.25) is 5.91 Å². The third kappa shape index (κ3) is 3.88. The highest BCUT2D eigenvalue weighted by molar-refractivity contribution is 7.22. The Bertz CT molecular complexity index is 1030. The van der Waals surface area contributed by atoms with Gasteiger partial charge in [0.05, 0.1) is 15.9 Å². The van der Waals surface area contributed by atoms with E-state index in [2.05, 4.69) is 4.98 Å². The molecule has 0 aliphatic rings. The molecule has 1 heterocycles. The fraction of sp³-hybridized carbons (Fsp3) is 0.0909. The van der Waals surface area contributed by atoms with Crippen molar-refractivity contribution in [3.8, 4) is 0 Å². The number of nitrogens with zero attached hydrogens (tertiary/aromatic N) is 2. The van der Waals surface area contributed by atoms with Crippen molar-refractivity contribution in [1.29, 1.82) is 0 Å². The van der Waals surface area contributed by atoms with Crippen LogP contribution in [-0.4, -0.2) is 10.9 Å². The number of rotatable bonds is 5. The lowest BCUT2D eigenvalue weighted by Gasteiger charge is -2.20. The molecule has 5 heteroatoms. The van der Waals surface area contributed by atoms with Crippen molar-refractivity contribution < 1.29 is 9.18 Å². The molecular formula is C22H17FN2OS. The number of hydrogen-bond acceptors (Lipinski definition) is 3. The second kappa shape index (κ2) is 7.68. The van der Waals surface area contributed by atoms with Crippen LogP contribution < -0.4 is 4.90 Å². The average Bonchev–Trinajstić information content (AvgIpc) is 3.12. The maximum atomic E-state index is 13.4. The Morgan fingerprint density at radius 2 is 1.63 bits per heavy atom. The largest absolute Gasteiger partial charge is 0.274 e. The first kappa shape index (κ1) is 17.4. The van der Waals surface area contributed by atoms with Gasteiger partial charge in [-0.25, -0.2) is 9.37 Å². The van der Waals surface area contributed by atoms with Crippen LogP contribution in [0.5, 0.6) is 0 Å². The van der Waals surface area contributed by atoms with E-state index >= 15 is 0 Å². The number of amides is 1. The summed E-state index contributed by atoms with van der Waals surface area (Å²) in [4.78, 5) is 19.3. The van der Waals surface area contributed by atoms with Gasteiger partial charge in [-0.15, -0.1) is 0 Å². The molecule has 0 atom stereocenters. The van der Waals surface area contributed by atoms with Gasteiger partial charge in [-0.3, -0.25) is 9.69 Å². The van der Waals surface area contributed by atoms with Gasteiger partial charge in [-0.05, 0) is 48.4 Å². The average molecular weight is 376 g/mol. The number of thiazole rings is 1. The summed E-state index contributed by atoms with van der Waals surface area (Å²) in [7, 11) is 0. The van der Waals surface area contributed by atoms with E-state index in [0.717, 1.165) is 15.8 Å². The van der Waals surface area contributed by atoms with Gasteiger partial charge in [0.15, 0.2) is 5.13 Å². The predicted molar refractivity (Wildman–Crippen MR) is 108 cm³/mol. The number of halogens is 1. The predicted octanol–water partition coefficient (Wildman–Crippen LogP) is 5.73. The van der Waals surface area contributed by atoms with E-state index < -0.39 is 0 Å². The summed E-state index contributed by atoms with van der Waals surface area (Å²) < 4.78 is 14.4. The van der Waals surface area contributed by atoms with E-state index in [0.29, 0.717) is 23.7 Å². The molecule has 134 valence electrons. The van der Waals surface area contributed by atoms with Gasteiger partial charge in [0, 0.05) is 6.42 Å². The Morgan fingerprint density at radius 1 is 0.926 bits per heavy atom. The van der Waals surface area contributed by atoms with Crippen LogP contribution >= 0.6 is 11.3 Å². The van der Waals surface area contributed by atoms with Crippen molar-refractivity contribution in [2.45, 2.75) is 12.8 Å². The first-order valence-corrected chi connectivity index (χ1v) is 9.50. The number of carbonyl (C=O) groups excluding carboxylic acids is 1. The van der Waals surface area contributed by atoms with Crippen molar-refractivity contribution in [3.63, 3.8) is 0 Å². The second-order valence-corrected chi connectivity index (χ2v) is 7.16. The fourth-order valence-corrected chi connectivity index (χ4v) is 3.92. The van der Waals surface area contributed by atoms with E-state index in [4.69, 9.17) is 0 Å². The van der Waals surface area contributed by atoms with Crippen LogP contribution in [0.1, 0.15) is 12.0 Å². The standard InChI is InChI=1S/C22H17FN2OS/c23-17-11-13-18(14-12-17)25(21(26)15-10-16-6-2-1-3-7-16)22-24-19-8-4-5-9-20(19)27-22/h1-9,11-14H,10,15H2. The van der Waals surface area contributed by atoms with Crippen molar-refractivity contribution in [1.82, 2.24) is 4.98 Å². The molecule has 0 saturated heterocycles. The van der Waals surface area contributed by atoms with Crippen molar-refractivity contribution in [3.05, 3.63) is 90.2 Å². The minimum atomic E-state index is -0.334. The molecule has 0 unspecified atom stereocenters. The van der Waals surface area contributed by atoms with Gasteiger partial charge in [-0.2, -0.15) is 0 Å². The molecule has 0 saturated carbocycles. The molecule has 4 aromatic rings. The Labute approximate surface area is 160 Å². The van der Waals surface area contributed by atoms with Crippen molar-refractivity contribution in [2.24, 2.45) is 0 Å². The zero-order valence-corrected chi connectivity index (χ0v) is 15.3. The lowest BCUT2D eigenvalue weighted by atomic mass is 10.1. The molecule has 4 rings (SSSR count). The Balaban J connectivity index is 1.67. The SMILES string of the molecule is O=C(CCc1ccccc1)N(c1ccc(F)cc1)c1nc2ccccc2s1. The summed E-state index contributed by atoms with van der Waals surface area (Å²) in [5.74, 6) is -0.399. The maximum Gasteiger partial charge on any atom is 0.233 e. The van der Waals surface area contributed by atoms with Crippen LogP contribution in [0, 0.1) is 5.82 Å². The van der Waals surface area contributed by atoms with Gasteiger partial charge in [-0.1, -0.05) is 53.8 Å². The minimum Gasteiger partial charge on any atom is -0.274 e. The van der Waals surface area contributed by atoms with Crippen LogP contribution in [0.25, 0.3) is 10.2 Å². The van der Waals surface area contributed by atoms with Crippen molar-refractivity contribution >= 4 is 38.3 Å². The monoisotopic (exact) mass is 376 g/mol. The number of aryl methyl sites for hydroxylation is 1. The molecule has 0 aliphatic carbocycles. The number of anilines is 2. The summed E-state index contributed by atoms with van der Waals surface area (Å²) in [5.41, 5.74) is 2.57. The van der Waals surface area contributed by atoms with E-state index in [1.165, 1.54) is 23.5 Å². The zero-order valence-electron chi connectivity index (χ0n) is 14.5. The van der Waals surface area contributed by atoms with Crippen LogP contribution in [0.3, 0.4) is 0 Å². The van der Waals surface area contributed by atoms with E-state index in [9.17, 15) is 9.18 Å². The van der Waals surface area contributed by atoms with E-state index in [1.807, 2.05) is 54.6 Å². The molecule has 0 bridgehead atoms. The lowest BCUT2D eigenvalue weighted by molar-refractivity contribution is -0.117. The quantitative estimate of drug-likeness (QED) is 0.445. The fourth-order valence-electron chi connectivity index (χ4n) is 2.91. The van der Waals surface area contributed by atoms with Crippen LogP contribution in [0.15, 0.2) is 78.9 Å². The molecule has 3 aromatic carbocycles. The molecule has 0 N–H and O–H groups in total. The highest BCUT2D eigenvalue weighted by atomic mass is 32.1. The first-order chi connectivity index (χ1) is 13.2. The number of carbonyl (C=O) groups is 1. The Morgan fingerprint density at radius 3 is 2.37 bits per heavy atom. The minimum absolute atomic E-state index is 0.0653. The first-order valence-electron chi connectivity index (χ1n) is 8.69. The number of benzene rings is 3. The molecule has 0 radical (unpaired) electrons.